The minimum absolute atomic E-state index is 0.282. The molecule has 0 saturated carbocycles. The Morgan fingerprint density at radius 2 is 2.00 bits per heavy atom. The molecule has 6 rings (SSSR count). The van der Waals surface area contributed by atoms with Crippen molar-refractivity contribution in [3.63, 3.8) is 0 Å². The lowest BCUT2D eigenvalue weighted by Gasteiger charge is -2.29. The van der Waals surface area contributed by atoms with Crippen LogP contribution in [0.2, 0.25) is 0 Å². The van der Waals surface area contributed by atoms with Crippen LogP contribution in [0.1, 0.15) is 30.4 Å². The Labute approximate surface area is 173 Å². The molecule has 152 valence electrons. The zero-order valence-corrected chi connectivity index (χ0v) is 17.3. The number of aryl methyl sites for hydroxylation is 1. The number of aromatic nitrogens is 3. The lowest BCUT2D eigenvalue weighted by molar-refractivity contribution is 0.120. The summed E-state index contributed by atoms with van der Waals surface area (Å²) in [6.07, 6.45) is 7.64. The second-order valence-electron chi connectivity index (χ2n) is 8.04. The first-order valence-electron chi connectivity index (χ1n) is 10.7. The first-order valence-corrected chi connectivity index (χ1v) is 11.5. The topological polar surface area (TPSA) is 72.4 Å². The summed E-state index contributed by atoms with van der Waals surface area (Å²) in [4.78, 5) is 17.9. The number of fused-ring (bicyclic) bond motifs is 5. The molecule has 0 aromatic carbocycles. The largest absolute Gasteiger partial charge is 0.378 e. The van der Waals surface area contributed by atoms with Crippen molar-refractivity contribution in [2.75, 3.05) is 49.7 Å². The quantitative estimate of drug-likeness (QED) is 0.707. The maximum Gasteiger partial charge on any atom is 0.147 e. The third kappa shape index (κ3) is 3.05. The maximum absolute atomic E-state index is 5.76. The van der Waals surface area contributed by atoms with Gasteiger partial charge >= 0.3 is 0 Å². The third-order valence-electron chi connectivity index (χ3n) is 6.28. The van der Waals surface area contributed by atoms with Gasteiger partial charge in [-0.25, -0.2) is 15.0 Å². The third-order valence-corrected chi connectivity index (χ3v) is 7.36. The van der Waals surface area contributed by atoms with Gasteiger partial charge in [0.25, 0.3) is 0 Å². The summed E-state index contributed by atoms with van der Waals surface area (Å²) in [5.74, 6) is 2.08. The van der Waals surface area contributed by atoms with Crippen LogP contribution in [-0.4, -0.2) is 60.5 Å². The number of thiophene rings is 1. The zero-order chi connectivity index (χ0) is 19.2. The summed E-state index contributed by atoms with van der Waals surface area (Å²) in [6, 6.07) is 0. The van der Waals surface area contributed by atoms with Gasteiger partial charge in [-0.05, 0) is 43.2 Å². The molecular weight excluding hydrogens is 386 g/mol. The highest BCUT2D eigenvalue weighted by Crippen LogP contribution is 2.43. The molecule has 0 amide bonds. The Kier molecular flexibility index (Phi) is 4.50. The van der Waals surface area contributed by atoms with Crippen molar-refractivity contribution in [1.29, 1.82) is 0 Å². The van der Waals surface area contributed by atoms with Crippen LogP contribution in [-0.2, 0) is 22.3 Å². The van der Waals surface area contributed by atoms with E-state index >= 15 is 0 Å². The van der Waals surface area contributed by atoms with E-state index in [2.05, 4.69) is 20.2 Å². The van der Waals surface area contributed by atoms with E-state index in [1.807, 2.05) is 0 Å². The van der Waals surface area contributed by atoms with E-state index in [1.165, 1.54) is 28.8 Å². The van der Waals surface area contributed by atoms with E-state index < -0.39 is 0 Å². The van der Waals surface area contributed by atoms with Crippen LogP contribution in [0, 0.1) is 0 Å². The van der Waals surface area contributed by atoms with Crippen molar-refractivity contribution in [1.82, 2.24) is 15.0 Å². The highest BCUT2D eigenvalue weighted by Gasteiger charge is 2.27. The molecule has 3 aliphatic rings. The van der Waals surface area contributed by atoms with E-state index in [1.54, 1.807) is 17.7 Å². The smallest absolute Gasteiger partial charge is 0.147 e. The molecule has 29 heavy (non-hydrogen) atoms. The molecule has 1 unspecified atom stereocenters. The molecule has 2 saturated heterocycles. The summed E-state index contributed by atoms with van der Waals surface area (Å²) in [7, 11) is 0. The van der Waals surface area contributed by atoms with Crippen LogP contribution in [0.3, 0.4) is 0 Å². The Balaban J connectivity index is 1.45. The summed E-state index contributed by atoms with van der Waals surface area (Å²) in [6.45, 7) is 5.07. The van der Waals surface area contributed by atoms with E-state index in [-0.39, 0.29) is 6.10 Å². The predicted octanol–water partition coefficient (Wildman–Crippen LogP) is 3.16. The van der Waals surface area contributed by atoms with Crippen molar-refractivity contribution in [3.8, 4) is 0 Å². The molecule has 3 aromatic heterocycles. The number of ether oxygens (including phenoxy) is 2. The van der Waals surface area contributed by atoms with Gasteiger partial charge in [0.1, 0.15) is 22.8 Å². The SMILES string of the molecule is c1nc(NCC2CCCO2)c2sc3nc(N4CCOCC4)c4c(c3c2n1)CCC4. The van der Waals surface area contributed by atoms with Gasteiger partial charge in [-0.15, -0.1) is 11.3 Å². The Morgan fingerprint density at radius 3 is 2.86 bits per heavy atom. The lowest BCUT2D eigenvalue weighted by Crippen LogP contribution is -2.37. The summed E-state index contributed by atoms with van der Waals surface area (Å²) in [5, 5.41) is 4.76. The molecule has 0 radical (unpaired) electrons. The highest BCUT2D eigenvalue weighted by atomic mass is 32.1. The van der Waals surface area contributed by atoms with E-state index in [0.29, 0.717) is 0 Å². The van der Waals surface area contributed by atoms with Gasteiger partial charge in [-0.3, -0.25) is 0 Å². The van der Waals surface area contributed by atoms with Crippen LogP contribution >= 0.6 is 11.3 Å². The maximum atomic E-state index is 5.76. The minimum atomic E-state index is 0.282. The van der Waals surface area contributed by atoms with Gasteiger partial charge in [-0.1, -0.05) is 0 Å². The molecule has 5 heterocycles. The lowest BCUT2D eigenvalue weighted by atomic mass is 10.1. The number of nitrogens with one attached hydrogen (secondary N) is 1. The molecule has 1 atom stereocenters. The molecule has 7 nitrogen and oxygen atoms in total. The molecule has 0 bridgehead atoms. The van der Waals surface area contributed by atoms with E-state index in [9.17, 15) is 0 Å². The highest BCUT2D eigenvalue weighted by molar-refractivity contribution is 7.26. The van der Waals surface area contributed by atoms with Crippen molar-refractivity contribution in [2.45, 2.75) is 38.2 Å². The predicted molar refractivity (Wildman–Crippen MR) is 115 cm³/mol. The Bertz CT molecular complexity index is 1060. The molecule has 1 N–H and O–H groups in total. The molecule has 8 heteroatoms. The van der Waals surface area contributed by atoms with Crippen LogP contribution in [0.25, 0.3) is 20.4 Å². The fourth-order valence-corrected chi connectivity index (χ4v) is 5.98. The monoisotopic (exact) mass is 411 g/mol. The van der Waals surface area contributed by atoms with Crippen LogP contribution in [0.4, 0.5) is 11.6 Å². The number of hydrogen-bond acceptors (Lipinski definition) is 8. The molecule has 1 aliphatic carbocycles. The fraction of sp³-hybridized carbons (Fsp3) is 0.571. The van der Waals surface area contributed by atoms with Crippen molar-refractivity contribution >= 4 is 43.4 Å². The Hall–Kier alpha value is -2.03. The van der Waals surface area contributed by atoms with Crippen molar-refractivity contribution in [3.05, 3.63) is 17.5 Å². The first-order chi connectivity index (χ1) is 14.4. The summed E-state index contributed by atoms with van der Waals surface area (Å²) in [5.41, 5.74) is 3.92. The second-order valence-corrected chi connectivity index (χ2v) is 9.04. The molecule has 2 fully saturated rings. The number of rotatable bonds is 4. The Morgan fingerprint density at radius 1 is 1.10 bits per heavy atom. The van der Waals surface area contributed by atoms with E-state index in [4.69, 9.17) is 14.5 Å². The molecule has 0 spiro atoms. The van der Waals surface area contributed by atoms with Gasteiger partial charge in [0.2, 0.25) is 0 Å². The van der Waals surface area contributed by atoms with Crippen molar-refractivity contribution in [2.24, 2.45) is 0 Å². The van der Waals surface area contributed by atoms with Crippen molar-refractivity contribution < 1.29 is 9.47 Å². The summed E-state index contributed by atoms with van der Waals surface area (Å²) < 4.78 is 12.4. The van der Waals surface area contributed by atoms with Crippen LogP contribution in [0.15, 0.2) is 6.33 Å². The van der Waals surface area contributed by atoms with Crippen LogP contribution in [0.5, 0.6) is 0 Å². The second kappa shape index (κ2) is 7.34. The standard InChI is InChI=1S/C21H25N5O2S/c1-4-14-15(5-1)20(26-6-9-27-10-7-26)25-21-16(14)17-18(29-21)19(24-12-23-17)22-11-13-3-2-8-28-13/h12-13H,1-11H2,(H,22,23,24). The normalized spacial score (nSPS) is 21.9. The van der Waals surface area contributed by atoms with Gasteiger partial charge in [0.05, 0.1) is 29.5 Å². The average molecular weight is 412 g/mol. The number of morpholine rings is 1. The zero-order valence-electron chi connectivity index (χ0n) is 16.4. The number of hydrogen-bond donors (Lipinski definition) is 1. The fourth-order valence-electron chi connectivity index (χ4n) is 4.86. The van der Waals surface area contributed by atoms with Gasteiger partial charge in [0.15, 0.2) is 0 Å². The minimum Gasteiger partial charge on any atom is -0.378 e. The first kappa shape index (κ1) is 17.8. The van der Waals surface area contributed by atoms with Gasteiger partial charge in [0, 0.05) is 31.6 Å². The van der Waals surface area contributed by atoms with Crippen LogP contribution < -0.4 is 10.2 Å². The number of nitrogens with zero attached hydrogens (tertiary/aromatic N) is 4. The molecule has 3 aromatic rings. The number of pyridine rings is 1. The summed E-state index contributed by atoms with van der Waals surface area (Å²) >= 11 is 1.72. The van der Waals surface area contributed by atoms with Gasteiger partial charge in [-0.2, -0.15) is 0 Å². The van der Waals surface area contributed by atoms with Gasteiger partial charge < -0.3 is 19.7 Å². The number of anilines is 2. The van der Waals surface area contributed by atoms with E-state index in [0.717, 1.165) is 86.0 Å². The molecule has 2 aliphatic heterocycles. The molecular formula is C21H25N5O2S. The average Bonchev–Trinajstić information content (AvgIpc) is 3.51.